The van der Waals surface area contributed by atoms with Crippen molar-refractivity contribution >= 4 is 23.4 Å². The summed E-state index contributed by atoms with van der Waals surface area (Å²) in [6, 6.07) is 0. The van der Waals surface area contributed by atoms with Crippen LogP contribution in [0.4, 0.5) is 0 Å². The topological polar surface area (TPSA) is 92.3 Å². The summed E-state index contributed by atoms with van der Waals surface area (Å²) in [4.78, 5) is 42.8. The maximum Gasteiger partial charge on any atom is 0.228 e. The lowest BCUT2D eigenvalue weighted by molar-refractivity contribution is -0.127. The van der Waals surface area contributed by atoms with Gasteiger partial charge in [-0.25, -0.2) is 0 Å². The molecule has 15 heavy (non-hydrogen) atoms. The molecular weight excluding hydrogens is 200 g/mol. The van der Waals surface area contributed by atoms with Crippen molar-refractivity contribution < 1.29 is 19.2 Å². The number of rotatable bonds is 6. The molecule has 0 atom stereocenters. The van der Waals surface area contributed by atoms with E-state index in [1.54, 1.807) is 0 Å². The number of hydrogen-bond acceptors (Lipinski definition) is 4. The number of carbonyl (C=O) groups is 4. The van der Waals surface area contributed by atoms with Crippen molar-refractivity contribution in [3.8, 4) is 0 Å². The predicted molar refractivity (Wildman–Crippen MR) is 51.7 cm³/mol. The van der Waals surface area contributed by atoms with E-state index in [0.29, 0.717) is 0 Å². The Labute approximate surface area is 87.4 Å². The molecule has 0 rings (SSSR count). The Kier molecular flexibility index (Phi) is 5.92. The Hall–Kier alpha value is -1.72. The molecule has 6 heteroatoms. The zero-order valence-corrected chi connectivity index (χ0v) is 8.75. The summed E-state index contributed by atoms with van der Waals surface area (Å²) in [5.41, 5.74) is 0. The molecule has 0 aliphatic carbocycles. The molecule has 0 aromatic carbocycles. The minimum absolute atomic E-state index is 0.0712. The summed E-state index contributed by atoms with van der Waals surface area (Å²) in [6.45, 7) is 2.53. The van der Waals surface area contributed by atoms with E-state index in [1.807, 2.05) is 0 Å². The first kappa shape index (κ1) is 13.3. The van der Waals surface area contributed by atoms with Gasteiger partial charge in [0.25, 0.3) is 0 Å². The number of ketones is 2. The van der Waals surface area contributed by atoms with E-state index in [0.717, 1.165) is 0 Å². The summed E-state index contributed by atoms with van der Waals surface area (Å²) in [7, 11) is 0. The van der Waals surface area contributed by atoms with Crippen molar-refractivity contribution in [2.24, 2.45) is 0 Å². The van der Waals surface area contributed by atoms with Crippen LogP contribution in [0.3, 0.4) is 0 Å². The van der Waals surface area contributed by atoms with Gasteiger partial charge in [0.1, 0.15) is 11.6 Å². The molecule has 0 heterocycles. The fraction of sp³-hybridized carbons (Fsp3) is 0.556. The van der Waals surface area contributed by atoms with Gasteiger partial charge >= 0.3 is 0 Å². The van der Waals surface area contributed by atoms with Gasteiger partial charge in [-0.15, -0.1) is 0 Å². The summed E-state index contributed by atoms with van der Waals surface area (Å²) >= 11 is 0. The maximum atomic E-state index is 10.9. The molecule has 0 unspecified atom stereocenters. The summed E-state index contributed by atoms with van der Waals surface area (Å²) in [6.07, 6.45) is -0.412. The second-order valence-corrected chi connectivity index (χ2v) is 3.13. The molecule has 0 bridgehead atoms. The van der Waals surface area contributed by atoms with Crippen molar-refractivity contribution in [2.45, 2.75) is 26.7 Å². The van der Waals surface area contributed by atoms with Crippen LogP contribution in [0.5, 0.6) is 0 Å². The first-order chi connectivity index (χ1) is 6.91. The molecule has 6 nitrogen and oxygen atoms in total. The van der Waals surface area contributed by atoms with Crippen LogP contribution in [-0.4, -0.2) is 30.0 Å². The molecule has 0 spiro atoms. The van der Waals surface area contributed by atoms with E-state index < -0.39 is 11.8 Å². The summed E-state index contributed by atoms with van der Waals surface area (Å²) in [5.74, 6) is -1.40. The lowest BCUT2D eigenvalue weighted by atomic mass is 10.3. The van der Waals surface area contributed by atoms with Crippen LogP contribution < -0.4 is 10.6 Å². The van der Waals surface area contributed by atoms with E-state index >= 15 is 0 Å². The van der Waals surface area contributed by atoms with Gasteiger partial charge in [0.2, 0.25) is 11.8 Å². The van der Waals surface area contributed by atoms with Gasteiger partial charge in [-0.05, 0) is 13.8 Å². The van der Waals surface area contributed by atoms with Crippen LogP contribution in [0.1, 0.15) is 26.7 Å². The molecule has 0 aromatic heterocycles. The highest BCUT2D eigenvalue weighted by atomic mass is 16.2. The van der Waals surface area contributed by atoms with E-state index in [2.05, 4.69) is 10.6 Å². The van der Waals surface area contributed by atoms with Crippen LogP contribution in [-0.2, 0) is 19.2 Å². The number of amides is 2. The first-order valence-electron chi connectivity index (χ1n) is 4.44. The summed E-state index contributed by atoms with van der Waals surface area (Å²) < 4.78 is 0. The maximum absolute atomic E-state index is 10.9. The average molecular weight is 214 g/mol. The fourth-order valence-corrected chi connectivity index (χ4v) is 0.819. The van der Waals surface area contributed by atoms with E-state index in [-0.39, 0.29) is 31.1 Å². The smallest absolute Gasteiger partial charge is 0.228 e. The van der Waals surface area contributed by atoms with Crippen LogP contribution >= 0.6 is 0 Å². The second kappa shape index (κ2) is 6.69. The Morgan fingerprint density at radius 1 is 0.800 bits per heavy atom. The number of carbonyl (C=O) groups excluding carboxylic acids is 4. The third kappa shape index (κ3) is 8.61. The molecule has 84 valence electrons. The van der Waals surface area contributed by atoms with Crippen LogP contribution in [0.25, 0.3) is 0 Å². The highest BCUT2D eigenvalue weighted by molar-refractivity contribution is 5.98. The molecule has 0 aliphatic rings. The minimum Gasteiger partial charge on any atom is -0.338 e. The van der Waals surface area contributed by atoms with Gasteiger partial charge in [-0.3, -0.25) is 19.2 Å². The van der Waals surface area contributed by atoms with Gasteiger partial charge in [0.05, 0.1) is 19.5 Å². The van der Waals surface area contributed by atoms with Crippen LogP contribution in [0.15, 0.2) is 0 Å². The van der Waals surface area contributed by atoms with E-state index in [1.165, 1.54) is 13.8 Å². The molecule has 0 aromatic rings. The average Bonchev–Trinajstić information content (AvgIpc) is 2.00. The van der Waals surface area contributed by atoms with Gasteiger partial charge in [-0.1, -0.05) is 0 Å². The molecule has 0 radical (unpaired) electrons. The van der Waals surface area contributed by atoms with E-state index in [9.17, 15) is 19.2 Å². The fourth-order valence-electron chi connectivity index (χ4n) is 0.819. The number of hydrogen-bond donors (Lipinski definition) is 2. The first-order valence-corrected chi connectivity index (χ1v) is 4.44. The van der Waals surface area contributed by atoms with Gasteiger partial charge in [0.15, 0.2) is 0 Å². The van der Waals surface area contributed by atoms with Gasteiger partial charge < -0.3 is 10.6 Å². The van der Waals surface area contributed by atoms with Crippen molar-refractivity contribution in [2.75, 3.05) is 6.67 Å². The Morgan fingerprint density at radius 3 is 1.40 bits per heavy atom. The molecular formula is C9H14N2O4. The minimum atomic E-state index is -0.453. The molecule has 0 saturated carbocycles. The van der Waals surface area contributed by atoms with Crippen molar-refractivity contribution in [1.82, 2.24) is 10.6 Å². The standard InChI is InChI=1S/C9H14N2O4/c1-6(12)3-8(14)10-5-11-9(15)4-7(2)13/h3-5H2,1-2H3,(H,10,14)(H,11,15). The SMILES string of the molecule is CC(=O)CC(=O)NCNC(=O)CC(C)=O. The highest BCUT2D eigenvalue weighted by Gasteiger charge is 2.06. The molecule has 2 amide bonds. The second-order valence-electron chi connectivity index (χ2n) is 3.13. The molecule has 0 aliphatic heterocycles. The predicted octanol–water partition coefficient (Wildman–Crippen LogP) is -0.865. The quantitative estimate of drug-likeness (QED) is 0.444. The van der Waals surface area contributed by atoms with E-state index in [4.69, 9.17) is 0 Å². The largest absolute Gasteiger partial charge is 0.338 e. The Morgan fingerprint density at radius 2 is 1.13 bits per heavy atom. The lowest BCUT2D eigenvalue weighted by Gasteiger charge is -2.05. The van der Waals surface area contributed by atoms with Crippen LogP contribution in [0.2, 0.25) is 0 Å². The zero-order chi connectivity index (χ0) is 11.8. The zero-order valence-electron chi connectivity index (χ0n) is 8.75. The third-order valence-electron chi connectivity index (χ3n) is 1.39. The van der Waals surface area contributed by atoms with Gasteiger partial charge in [0, 0.05) is 0 Å². The van der Waals surface area contributed by atoms with Crippen molar-refractivity contribution in [1.29, 1.82) is 0 Å². The molecule has 0 fully saturated rings. The van der Waals surface area contributed by atoms with Gasteiger partial charge in [-0.2, -0.15) is 0 Å². The highest BCUT2D eigenvalue weighted by Crippen LogP contribution is 1.82. The number of Topliss-reactive ketones (excluding diaryl/α,β-unsaturated/α-hetero) is 2. The normalized spacial score (nSPS) is 9.20. The Balaban J connectivity index is 3.61. The lowest BCUT2D eigenvalue weighted by Crippen LogP contribution is -2.38. The third-order valence-corrected chi connectivity index (χ3v) is 1.39. The van der Waals surface area contributed by atoms with Crippen molar-refractivity contribution in [3.05, 3.63) is 0 Å². The number of nitrogens with one attached hydrogen (secondary N) is 2. The van der Waals surface area contributed by atoms with Crippen molar-refractivity contribution in [3.63, 3.8) is 0 Å². The molecule has 0 saturated heterocycles. The summed E-state index contributed by atoms with van der Waals surface area (Å²) in [5, 5.41) is 4.63. The van der Waals surface area contributed by atoms with Crippen LogP contribution in [0, 0.1) is 0 Å². The molecule has 2 N–H and O–H groups in total. The monoisotopic (exact) mass is 214 g/mol. The Bertz CT molecular complexity index is 258.